The third-order valence-corrected chi connectivity index (χ3v) is 6.35. The standard InChI is InChI=1S/C19H22N6O2S/c26-28(27,19-8-3-7-18(13-19)25-15-20-22-23-25)21-10-4-11-24-12-9-16-5-1-2-6-17(16)14-24/h1-3,5-8,13,15,21H,4,9-12,14H2. The van der Waals surface area contributed by atoms with Crippen LogP contribution in [0, 0.1) is 0 Å². The fourth-order valence-electron chi connectivity index (χ4n) is 3.41. The molecule has 3 aromatic rings. The Morgan fingerprint density at radius 1 is 1.07 bits per heavy atom. The van der Waals surface area contributed by atoms with Gasteiger partial charge in [-0.05, 0) is 59.1 Å². The summed E-state index contributed by atoms with van der Waals surface area (Å²) in [6, 6.07) is 15.1. The van der Waals surface area contributed by atoms with E-state index in [1.165, 1.54) is 22.1 Å². The molecular weight excluding hydrogens is 376 g/mol. The van der Waals surface area contributed by atoms with E-state index in [1.54, 1.807) is 24.3 Å². The van der Waals surface area contributed by atoms with Crippen molar-refractivity contribution in [2.75, 3.05) is 19.6 Å². The molecule has 8 nitrogen and oxygen atoms in total. The molecule has 4 rings (SSSR count). The zero-order valence-corrected chi connectivity index (χ0v) is 16.2. The van der Waals surface area contributed by atoms with Crippen molar-refractivity contribution in [3.05, 3.63) is 66.0 Å². The quantitative estimate of drug-likeness (QED) is 0.605. The van der Waals surface area contributed by atoms with Gasteiger partial charge in [-0.25, -0.2) is 17.8 Å². The summed E-state index contributed by atoms with van der Waals surface area (Å²) in [7, 11) is -3.58. The molecular formula is C19H22N6O2S. The maximum atomic E-state index is 12.6. The fraction of sp³-hybridized carbons (Fsp3) is 0.316. The van der Waals surface area contributed by atoms with Gasteiger partial charge in [-0.1, -0.05) is 30.3 Å². The van der Waals surface area contributed by atoms with Gasteiger partial charge in [0.25, 0.3) is 0 Å². The zero-order valence-electron chi connectivity index (χ0n) is 15.4. The molecule has 28 heavy (non-hydrogen) atoms. The van der Waals surface area contributed by atoms with E-state index in [0.29, 0.717) is 12.2 Å². The van der Waals surface area contributed by atoms with E-state index in [2.05, 4.69) is 49.4 Å². The van der Waals surface area contributed by atoms with E-state index < -0.39 is 10.0 Å². The van der Waals surface area contributed by atoms with Gasteiger partial charge in [-0.3, -0.25) is 4.90 Å². The minimum atomic E-state index is -3.58. The lowest BCUT2D eigenvalue weighted by Crippen LogP contribution is -2.33. The van der Waals surface area contributed by atoms with Crippen LogP contribution < -0.4 is 4.72 Å². The first kappa shape index (κ1) is 18.7. The summed E-state index contributed by atoms with van der Waals surface area (Å²) < 4.78 is 29.3. The third-order valence-electron chi connectivity index (χ3n) is 4.89. The molecule has 1 aromatic heterocycles. The van der Waals surface area contributed by atoms with Gasteiger partial charge in [-0.15, -0.1) is 5.10 Å². The first-order valence-corrected chi connectivity index (χ1v) is 10.7. The molecule has 0 atom stereocenters. The Labute approximate surface area is 164 Å². The zero-order chi connectivity index (χ0) is 19.4. The second kappa shape index (κ2) is 8.17. The lowest BCUT2D eigenvalue weighted by molar-refractivity contribution is 0.251. The van der Waals surface area contributed by atoms with Gasteiger partial charge in [0, 0.05) is 19.6 Å². The second-order valence-corrected chi connectivity index (χ2v) is 8.56. The minimum absolute atomic E-state index is 0.201. The molecule has 146 valence electrons. The van der Waals surface area contributed by atoms with E-state index in [-0.39, 0.29) is 4.90 Å². The number of benzene rings is 2. The van der Waals surface area contributed by atoms with Crippen LogP contribution in [0.5, 0.6) is 0 Å². The molecule has 2 aromatic carbocycles. The number of hydrogen-bond donors (Lipinski definition) is 1. The number of aromatic nitrogens is 4. The number of sulfonamides is 1. The first-order valence-electron chi connectivity index (χ1n) is 9.24. The van der Waals surface area contributed by atoms with E-state index in [9.17, 15) is 8.42 Å². The van der Waals surface area contributed by atoms with Crippen LogP contribution in [-0.4, -0.2) is 53.2 Å². The van der Waals surface area contributed by atoms with Crippen molar-refractivity contribution < 1.29 is 8.42 Å². The Hall–Kier alpha value is -2.62. The Morgan fingerprint density at radius 3 is 2.75 bits per heavy atom. The average molecular weight is 398 g/mol. The molecule has 1 aliphatic heterocycles. The smallest absolute Gasteiger partial charge is 0.240 e. The van der Waals surface area contributed by atoms with Crippen LogP contribution in [0.15, 0.2) is 59.8 Å². The summed E-state index contributed by atoms with van der Waals surface area (Å²) >= 11 is 0. The molecule has 2 heterocycles. The van der Waals surface area contributed by atoms with Crippen molar-refractivity contribution in [3.63, 3.8) is 0 Å². The number of nitrogens with one attached hydrogen (secondary N) is 1. The monoisotopic (exact) mass is 398 g/mol. The summed E-state index contributed by atoms with van der Waals surface area (Å²) in [6.45, 7) is 3.20. The highest BCUT2D eigenvalue weighted by atomic mass is 32.2. The van der Waals surface area contributed by atoms with Gasteiger partial charge in [0.1, 0.15) is 6.33 Å². The minimum Gasteiger partial charge on any atom is -0.299 e. The lowest BCUT2D eigenvalue weighted by Gasteiger charge is -2.28. The van der Waals surface area contributed by atoms with Crippen molar-refractivity contribution >= 4 is 10.0 Å². The molecule has 0 amide bonds. The maximum absolute atomic E-state index is 12.6. The van der Waals surface area contributed by atoms with Crippen molar-refractivity contribution in [1.29, 1.82) is 0 Å². The lowest BCUT2D eigenvalue weighted by atomic mass is 10.00. The van der Waals surface area contributed by atoms with Crippen LogP contribution in [0.3, 0.4) is 0 Å². The predicted octanol–water partition coefficient (Wildman–Crippen LogP) is 1.39. The molecule has 1 N–H and O–H groups in total. The Balaban J connectivity index is 1.31. The highest BCUT2D eigenvalue weighted by Crippen LogP contribution is 2.18. The van der Waals surface area contributed by atoms with Crippen LogP contribution in [0.4, 0.5) is 0 Å². The number of nitrogens with zero attached hydrogens (tertiary/aromatic N) is 5. The molecule has 0 saturated heterocycles. The SMILES string of the molecule is O=S(=O)(NCCCN1CCc2ccccc2C1)c1cccc(-n2cnnn2)c1. The number of rotatable bonds is 7. The van der Waals surface area contributed by atoms with Crippen LogP contribution in [0.1, 0.15) is 17.5 Å². The summed E-state index contributed by atoms with van der Waals surface area (Å²) in [5.74, 6) is 0. The second-order valence-electron chi connectivity index (χ2n) is 6.80. The molecule has 1 aliphatic rings. The summed E-state index contributed by atoms with van der Waals surface area (Å²) in [6.07, 6.45) is 3.23. The van der Waals surface area contributed by atoms with Gasteiger partial charge < -0.3 is 0 Å². The third kappa shape index (κ3) is 4.27. The van der Waals surface area contributed by atoms with Crippen LogP contribution in [0.25, 0.3) is 5.69 Å². The van der Waals surface area contributed by atoms with Crippen molar-refractivity contribution in [2.45, 2.75) is 24.3 Å². The molecule has 0 spiro atoms. The normalized spacial score (nSPS) is 14.7. The van der Waals surface area contributed by atoms with Crippen LogP contribution in [0.2, 0.25) is 0 Å². The summed E-state index contributed by atoms with van der Waals surface area (Å²) in [5, 5.41) is 10.9. The van der Waals surface area contributed by atoms with E-state index in [4.69, 9.17) is 0 Å². The largest absolute Gasteiger partial charge is 0.299 e. The van der Waals surface area contributed by atoms with E-state index >= 15 is 0 Å². The molecule has 0 aliphatic carbocycles. The highest BCUT2D eigenvalue weighted by molar-refractivity contribution is 7.89. The van der Waals surface area contributed by atoms with Gasteiger partial charge in [-0.2, -0.15) is 0 Å². The van der Waals surface area contributed by atoms with Crippen LogP contribution >= 0.6 is 0 Å². The van der Waals surface area contributed by atoms with Crippen molar-refractivity contribution in [1.82, 2.24) is 29.8 Å². The first-order chi connectivity index (χ1) is 13.6. The average Bonchev–Trinajstić information content (AvgIpc) is 3.26. The molecule has 0 fully saturated rings. The Bertz CT molecular complexity index is 1040. The summed E-state index contributed by atoms with van der Waals surface area (Å²) in [5.41, 5.74) is 3.38. The number of fused-ring (bicyclic) bond motifs is 1. The summed E-state index contributed by atoms with van der Waals surface area (Å²) in [4.78, 5) is 2.57. The molecule has 0 radical (unpaired) electrons. The highest BCUT2D eigenvalue weighted by Gasteiger charge is 2.17. The molecule has 0 bridgehead atoms. The van der Waals surface area contributed by atoms with Crippen molar-refractivity contribution in [3.8, 4) is 5.69 Å². The van der Waals surface area contributed by atoms with Gasteiger partial charge in [0.15, 0.2) is 0 Å². The molecule has 0 unspecified atom stereocenters. The number of hydrogen-bond acceptors (Lipinski definition) is 6. The Morgan fingerprint density at radius 2 is 1.93 bits per heavy atom. The topological polar surface area (TPSA) is 93.0 Å². The van der Waals surface area contributed by atoms with E-state index in [0.717, 1.165) is 32.5 Å². The molecule has 9 heteroatoms. The van der Waals surface area contributed by atoms with E-state index in [1.807, 2.05) is 0 Å². The van der Waals surface area contributed by atoms with Gasteiger partial charge in [0.05, 0.1) is 10.6 Å². The van der Waals surface area contributed by atoms with Crippen molar-refractivity contribution in [2.24, 2.45) is 0 Å². The fourth-order valence-corrected chi connectivity index (χ4v) is 4.52. The predicted molar refractivity (Wildman–Crippen MR) is 104 cm³/mol. The van der Waals surface area contributed by atoms with Crippen LogP contribution in [-0.2, 0) is 23.0 Å². The Kier molecular flexibility index (Phi) is 5.47. The van der Waals surface area contributed by atoms with Gasteiger partial charge >= 0.3 is 0 Å². The number of tetrazole rings is 1. The molecule has 0 saturated carbocycles. The maximum Gasteiger partial charge on any atom is 0.240 e. The van der Waals surface area contributed by atoms with Gasteiger partial charge in [0.2, 0.25) is 10.0 Å².